The highest BCUT2D eigenvalue weighted by molar-refractivity contribution is 8.00. The summed E-state index contributed by atoms with van der Waals surface area (Å²) in [5.41, 5.74) is 4.39. The number of anilines is 2. The molecular formula is C35H31N3O5S2. The van der Waals surface area contributed by atoms with Crippen LogP contribution in [-0.4, -0.2) is 34.6 Å². The molecule has 0 spiro atoms. The van der Waals surface area contributed by atoms with Crippen molar-refractivity contribution in [3.63, 3.8) is 0 Å². The van der Waals surface area contributed by atoms with Gasteiger partial charge in [0.2, 0.25) is 11.8 Å². The van der Waals surface area contributed by atoms with Crippen LogP contribution >= 0.6 is 23.1 Å². The molecule has 3 amide bonds. The van der Waals surface area contributed by atoms with E-state index in [1.807, 2.05) is 86.6 Å². The number of benzene rings is 3. The van der Waals surface area contributed by atoms with E-state index in [1.165, 1.54) is 16.2 Å². The van der Waals surface area contributed by atoms with Crippen LogP contribution in [0.3, 0.4) is 0 Å². The number of nitrogens with one attached hydrogen (secondary N) is 2. The van der Waals surface area contributed by atoms with Gasteiger partial charge in [-0.3, -0.25) is 24.1 Å². The minimum Gasteiger partial charge on any atom is -0.483 e. The molecule has 4 unspecified atom stereocenters. The number of carbonyl (C=O) groups is 3. The third kappa shape index (κ3) is 4.56. The molecule has 8 nitrogen and oxygen atoms in total. The number of nitrogens with zero attached hydrogens (tertiary/aromatic N) is 1. The molecule has 2 bridgehead atoms. The van der Waals surface area contributed by atoms with Crippen molar-refractivity contribution < 1.29 is 19.1 Å². The topological polar surface area (TPSA) is 109 Å². The van der Waals surface area contributed by atoms with Crippen LogP contribution in [0.25, 0.3) is 0 Å². The zero-order chi connectivity index (χ0) is 31.0. The Hall–Kier alpha value is -4.15. The number of fused-ring (bicyclic) bond motifs is 9. The molecule has 2 N–H and O–H groups in total. The zero-order valence-corrected chi connectivity index (χ0v) is 26.3. The summed E-state index contributed by atoms with van der Waals surface area (Å²) >= 11 is 2.86. The summed E-state index contributed by atoms with van der Waals surface area (Å²) in [5, 5.41) is 3.78. The molecule has 228 valence electrons. The quantitative estimate of drug-likeness (QED) is 0.261. The van der Waals surface area contributed by atoms with E-state index < -0.39 is 5.92 Å². The van der Waals surface area contributed by atoms with E-state index in [0.717, 1.165) is 33.0 Å². The molecule has 3 heterocycles. The predicted molar refractivity (Wildman–Crippen MR) is 174 cm³/mol. The van der Waals surface area contributed by atoms with Crippen LogP contribution in [0.2, 0.25) is 0 Å². The van der Waals surface area contributed by atoms with Crippen molar-refractivity contribution in [3.05, 3.63) is 104 Å². The van der Waals surface area contributed by atoms with Crippen molar-refractivity contribution in [2.75, 3.05) is 16.8 Å². The Balaban J connectivity index is 1.12. The van der Waals surface area contributed by atoms with E-state index in [0.29, 0.717) is 17.1 Å². The van der Waals surface area contributed by atoms with Crippen molar-refractivity contribution in [3.8, 4) is 5.75 Å². The number of aromatic amines is 1. The summed E-state index contributed by atoms with van der Waals surface area (Å²) in [7, 11) is 0. The summed E-state index contributed by atoms with van der Waals surface area (Å²) in [6.07, 6.45) is 0.800. The molecule has 4 aromatic rings. The molecule has 45 heavy (non-hydrogen) atoms. The number of hydrogen-bond donors (Lipinski definition) is 2. The molecule has 3 aromatic carbocycles. The van der Waals surface area contributed by atoms with Crippen LogP contribution in [0.15, 0.2) is 82.6 Å². The van der Waals surface area contributed by atoms with Crippen molar-refractivity contribution in [2.45, 2.75) is 36.5 Å². The highest BCUT2D eigenvalue weighted by atomic mass is 32.2. The van der Waals surface area contributed by atoms with Gasteiger partial charge in [0.15, 0.2) is 6.61 Å². The Kier molecular flexibility index (Phi) is 6.76. The van der Waals surface area contributed by atoms with Gasteiger partial charge in [0.25, 0.3) is 5.91 Å². The number of H-pyrrole nitrogens is 1. The van der Waals surface area contributed by atoms with E-state index >= 15 is 0 Å². The Morgan fingerprint density at radius 3 is 2.31 bits per heavy atom. The number of carbonyl (C=O) groups excluding carboxylic acids is 3. The van der Waals surface area contributed by atoms with Gasteiger partial charge in [-0.15, -0.1) is 11.8 Å². The average Bonchev–Trinajstić information content (AvgIpc) is 3.77. The third-order valence-electron chi connectivity index (χ3n) is 9.96. The second-order valence-corrected chi connectivity index (χ2v) is 14.8. The fourth-order valence-corrected chi connectivity index (χ4v) is 11.0. The van der Waals surface area contributed by atoms with Crippen LogP contribution < -0.4 is 19.8 Å². The van der Waals surface area contributed by atoms with E-state index in [-0.39, 0.29) is 64.0 Å². The smallest absolute Gasteiger partial charge is 0.305 e. The lowest BCUT2D eigenvalue weighted by molar-refractivity contribution is -0.123. The van der Waals surface area contributed by atoms with Crippen molar-refractivity contribution in [1.82, 2.24) is 4.98 Å². The lowest BCUT2D eigenvalue weighted by Crippen LogP contribution is -2.42. The summed E-state index contributed by atoms with van der Waals surface area (Å²) in [4.78, 5) is 58.7. The van der Waals surface area contributed by atoms with E-state index in [1.54, 1.807) is 11.8 Å². The van der Waals surface area contributed by atoms with Crippen LogP contribution in [0.4, 0.5) is 11.4 Å². The molecule has 1 aromatic heterocycles. The second-order valence-electron chi connectivity index (χ2n) is 12.5. The Bertz CT molecular complexity index is 1900. The van der Waals surface area contributed by atoms with Gasteiger partial charge in [-0.25, -0.2) is 0 Å². The number of rotatable bonds is 6. The second kappa shape index (κ2) is 10.7. The first-order chi connectivity index (χ1) is 21.8. The van der Waals surface area contributed by atoms with Crippen molar-refractivity contribution >= 4 is 52.2 Å². The first kappa shape index (κ1) is 28.3. The molecule has 7 atom stereocenters. The standard InChI is InChI=1S/C35H31N3O5S2/c1-17-7-11-19(12-8-17)36-25(39)16-43-24-6-4-3-5-21(24)26-27-22-15-23(30(27)44-32-31(26)45-35(42)37-32)29-28(22)33(40)38(34(29)41)20-13-9-18(2)10-14-20/h3-14,22-23,26-30H,15-16H2,1-2H3,(H,36,39)(H,37,42)/t22-,23-,26-,27?,28?,29?,30?/m1/s1. The fraction of sp³-hybridized carbons (Fsp3) is 0.314. The lowest BCUT2D eigenvalue weighted by Gasteiger charge is -2.43. The maximum absolute atomic E-state index is 14.0. The highest BCUT2D eigenvalue weighted by Gasteiger charge is 2.69. The Labute approximate surface area is 268 Å². The third-order valence-corrected chi connectivity index (χ3v) is 12.6. The van der Waals surface area contributed by atoms with Gasteiger partial charge in [-0.05, 0) is 68.4 Å². The van der Waals surface area contributed by atoms with Gasteiger partial charge < -0.3 is 15.0 Å². The van der Waals surface area contributed by atoms with Gasteiger partial charge in [0.05, 0.1) is 22.5 Å². The van der Waals surface area contributed by atoms with Crippen LogP contribution in [-0.2, 0) is 14.4 Å². The summed E-state index contributed by atoms with van der Waals surface area (Å²) in [6.45, 7) is 3.80. The van der Waals surface area contributed by atoms with Crippen LogP contribution in [0.1, 0.15) is 33.9 Å². The highest BCUT2D eigenvalue weighted by Crippen LogP contribution is 2.69. The summed E-state index contributed by atoms with van der Waals surface area (Å²) in [5.74, 6) is -0.841. The van der Waals surface area contributed by atoms with Crippen LogP contribution in [0.5, 0.6) is 5.75 Å². The van der Waals surface area contributed by atoms with Crippen molar-refractivity contribution in [1.29, 1.82) is 0 Å². The Morgan fingerprint density at radius 2 is 1.58 bits per heavy atom. The van der Waals surface area contributed by atoms with Gasteiger partial charge in [0.1, 0.15) is 5.75 Å². The Morgan fingerprint density at radius 1 is 0.911 bits per heavy atom. The SMILES string of the molecule is Cc1ccc(NC(=O)COc2ccccc2[C@H]2c3sc(=O)[nH]c3SC3C2[C@H]2C[C@@H]3C3C(=O)N(c4ccc(C)cc4)C(=O)C32)cc1. The maximum atomic E-state index is 14.0. The molecule has 0 radical (unpaired) electrons. The first-order valence-electron chi connectivity index (χ1n) is 15.2. The molecular weight excluding hydrogens is 607 g/mol. The summed E-state index contributed by atoms with van der Waals surface area (Å²) < 4.78 is 6.18. The number of aromatic nitrogens is 1. The fourth-order valence-electron chi connectivity index (χ4n) is 8.16. The van der Waals surface area contributed by atoms with Crippen LogP contribution in [0, 0.1) is 43.4 Å². The lowest BCUT2D eigenvalue weighted by atomic mass is 9.68. The number of thioether (sulfide) groups is 1. The largest absolute Gasteiger partial charge is 0.483 e. The number of hydrogen-bond acceptors (Lipinski definition) is 7. The monoisotopic (exact) mass is 637 g/mol. The van der Waals surface area contributed by atoms with Crippen molar-refractivity contribution in [2.24, 2.45) is 29.6 Å². The molecule has 2 saturated carbocycles. The predicted octanol–water partition coefficient (Wildman–Crippen LogP) is 5.75. The van der Waals surface area contributed by atoms with E-state index in [4.69, 9.17) is 4.74 Å². The number of aryl methyl sites for hydroxylation is 2. The number of para-hydroxylation sites is 1. The first-order valence-corrected chi connectivity index (χ1v) is 16.9. The van der Waals surface area contributed by atoms with Gasteiger partial charge in [-0.1, -0.05) is 64.9 Å². The van der Waals surface area contributed by atoms with E-state index in [9.17, 15) is 19.2 Å². The molecule has 8 rings (SSSR count). The molecule has 3 fully saturated rings. The minimum atomic E-state index is -0.390. The van der Waals surface area contributed by atoms with Gasteiger partial charge >= 0.3 is 4.87 Å². The number of ether oxygens (including phenoxy) is 1. The molecule has 1 saturated heterocycles. The molecule has 10 heteroatoms. The number of imide groups is 1. The molecule has 4 aliphatic rings. The zero-order valence-electron chi connectivity index (χ0n) is 24.7. The van der Waals surface area contributed by atoms with E-state index in [2.05, 4.69) is 10.3 Å². The average molecular weight is 638 g/mol. The molecule has 2 aliphatic heterocycles. The number of thiazole rings is 1. The number of amides is 3. The normalized spacial score (nSPS) is 27.7. The maximum Gasteiger partial charge on any atom is 0.305 e. The molecule has 2 aliphatic carbocycles. The van der Waals surface area contributed by atoms with Gasteiger partial charge in [-0.2, -0.15) is 0 Å². The minimum absolute atomic E-state index is 0.0161. The summed E-state index contributed by atoms with van der Waals surface area (Å²) in [6, 6.07) is 22.8. The van der Waals surface area contributed by atoms with Gasteiger partial charge in [0, 0.05) is 27.3 Å².